The highest BCUT2D eigenvalue weighted by Crippen LogP contribution is 2.37. The maximum Gasteiger partial charge on any atom is 0.338 e. The number of esters is 1. The van der Waals surface area contributed by atoms with E-state index in [2.05, 4.69) is 51.8 Å². The molecule has 0 radical (unpaired) electrons. The number of carbonyl (C=O) groups is 1. The van der Waals surface area contributed by atoms with Gasteiger partial charge in [-0.1, -0.05) is 59.9 Å². The van der Waals surface area contributed by atoms with Crippen LogP contribution in [-0.4, -0.2) is 38.5 Å². The van der Waals surface area contributed by atoms with Crippen LogP contribution in [0.5, 0.6) is 23.0 Å². The predicted octanol–water partition coefficient (Wildman–Crippen LogP) is 6.16. The third-order valence-corrected chi connectivity index (χ3v) is 9.83. The first-order valence-corrected chi connectivity index (χ1v) is 17.1. The van der Waals surface area contributed by atoms with Crippen LogP contribution in [0.25, 0.3) is 16.8 Å². The number of halogens is 1. The number of fused-ring (bicyclic) bond motifs is 2. The molecular formula is C37H33IN2O7S. The summed E-state index contributed by atoms with van der Waals surface area (Å²) < 4.78 is 31.3. The lowest BCUT2D eigenvalue weighted by Crippen LogP contribution is -2.40. The van der Waals surface area contributed by atoms with Crippen molar-refractivity contribution in [3.05, 3.63) is 124 Å². The van der Waals surface area contributed by atoms with E-state index >= 15 is 0 Å². The van der Waals surface area contributed by atoms with Gasteiger partial charge in [0, 0.05) is 0 Å². The Kier molecular flexibility index (Phi) is 9.88. The van der Waals surface area contributed by atoms with Gasteiger partial charge in [0.15, 0.2) is 27.8 Å². The molecule has 0 fully saturated rings. The molecule has 0 saturated heterocycles. The molecule has 6 rings (SSSR count). The number of allylic oxidation sites excluding steroid dienone is 1. The number of rotatable bonds is 10. The van der Waals surface area contributed by atoms with Crippen LogP contribution < -0.4 is 33.8 Å². The number of ether oxygens (including phenoxy) is 5. The van der Waals surface area contributed by atoms with E-state index in [0.29, 0.717) is 50.2 Å². The van der Waals surface area contributed by atoms with Crippen LogP contribution in [0.2, 0.25) is 0 Å². The summed E-state index contributed by atoms with van der Waals surface area (Å²) in [5.41, 5.74) is 2.94. The second kappa shape index (κ2) is 14.2. The van der Waals surface area contributed by atoms with Crippen molar-refractivity contribution in [2.45, 2.75) is 26.5 Å². The monoisotopic (exact) mass is 776 g/mol. The van der Waals surface area contributed by atoms with Gasteiger partial charge in [-0.2, -0.15) is 0 Å². The topological polar surface area (TPSA) is 97.6 Å². The van der Waals surface area contributed by atoms with Crippen molar-refractivity contribution in [2.24, 2.45) is 4.99 Å². The smallest absolute Gasteiger partial charge is 0.338 e. The molecule has 1 atom stereocenters. The predicted molar refractivity (Wildman–Crippen MR) is 194 cm³/mol. The van der Waals surface area contributed by atoms with Gasteiger partial charge in [-0.3, -0.25) is 9.36 Å². The van der Waals surface area contributed by atoms with E-state index in [9.17, 15) is 9.59 Å². The third-order valence-electron chi connectivity index (χ3n) is 8.04. The third kappa shape index (κ3) is 6.31. The van der Waals surface area contributed by atoms with Crippen LogP contribution >= 0.6 is 33.9 Å². The lowest BCUT2D eigenvalue weighted by molar-refractivity contribution is -0.139. The molecule has 0 unspecified atom stereocenters. The summed E-state index contributed by atoms with van der Waals surface area (Å²) in [6, 6.07) is 22.7. The fourth-order valence-electron chi connectivity index (χ4n) is 5.81. The van der Waals surface area contributed by atoms with E-state index in [1.807, 2.05) is 36.4 Å². The average molecular weight is 777 g/mol. The first-order valence-electron chi connectivity index (χ1n) is 15.2. The van der Waals surface area contributed by atoms with Crippen molar-refractivity contribution < 1.29 is 28.5 Å². The van der Waals surface area contributed by atoms with Crippen molar-refractivity contribution >= 4 is 56.7 Å². The Bertz CT molecular complexity index is 2250. The zero-order chi connectivity index (χ0) is 33.9. The van der Waals surface area contributed by atoms with Crippen LogP contribution in [0.15, 0.2) is 93.9 Å². The van der Waals surface area contributed by atoms with Crippen molar-refractivity contribution in [1.29, 1.82) is 0 Å². The Balaban J connectivity index is 1.41. The minimum Gasteiger partial charge on any atom is -0.493 e. The van der Waals surface area contributed by atoms with Crippen LogP contribution in [0.1, 0.15) is 36.6 Å². The number of hydrogen-bond acceptors (Lipinski definition) is 9. The van der Waals surface area contributed by atoms with Gasteiger partial charge >= 0.3 is 5.97 Å². The summed E-state index contributed by atoms with van der Waals surface area (Å²) in [6.45, 7) is 4.04. The number of nitrogens with zero attached hydrogens (tertiary/aromatic N) is 2. The Labute approximate surface area is 294 Å². The van der Waals surface area contributed by atoms with Gasteiger partial charge < -0.3 is 23.7 Å². The molecular weight excluding hydrogens is 743 g/mol. The Morgan fingerprint density at radius 2 is 1.71 bits per heavy atom. The van der Waals surface area contributed by atoms with Crippen LogP contribution in [0.4, 0.5) is 0 Å². The Morgan fingerprint density at radius 1 is 0.958 bits per heavy atom. The summed E-state index contributed by atoms with van der Waals surface area (Å²) >= 11 is 3.47. The molecule has 1 aromatic heterocycles. The molecule has 1 aliphatic rings. The molecule has 0 spiro atoms. The highest BCUT2D eigenvalue weighted by atomic mass is 127. The van der Waals surface area contributed by atoms with Crippen molar-refractivity contribution in [1.82, 2.24) is 4.57 Å². The largest absolute Gasteiger partial charge is 0.493 e. The van der Waals surface area contributed by atoms with Gasteiger partial charge in [-0.15, -0.1) is 0 Å². The standard InChI is InChI=1S/C37H33IN2O7S/c1-6-46-36(42)32-21(2)39-37-40(33(32)24-14-15-28(43-3)29(19-24)44-4)35(41)31(48-37)18-22-16-27(38)34(30(17-22)45-5)47-20-25-12-9-11-23-10-7-8-13-26(23)25/h7-19,33H,6,20H2,1-5H3/b31-18+/t33-/m1/s1. The lowest BCUT2D eigenvalue weighted by Gasteiger charge is -2.25. The molecule has 9 nitrogen and oxygen atoms in total. The van der Waals surface area contributed by atoms with E-state index in [-0.39, 0.29) is 17.7 Å². The number of thiazole rings is 1. The summed E-state index contributed by atoms with van der Waals surface area (Å²) in [7, 11) is 4.68. The summed E-state index contributed by atoms with van der Waals surface area (Å²) in [6.07, 6.45) is 1.80. The molecule has 1 aliphatic heterocycles. The Hall–Kier alpha value is -4.62. The molecule has 48 heavy (non-hydrogen) atoms. The second-order valence-electron chi connectivity index (χ2n) is 10.9. The first-order chi connectivity index (χ1) is 23.3. The van der Waals surface area contributed by atoms with Crippen LogP contribution in [0, 0.1) is 3.57 Å². The molecule has 4 aromatic carbocycles. The van der Waals surface area contributed by atoms with Crippen molar-refractivity contribution in [3.8, 4) is 23.0 Å². The van der Waals surface area contributed by atoms with E-state index in [0.717, 1.165) is 25.5 Å². The van der Waals surface area contributed by atoms with E-state index in [1.54, 1.807) is 50.8 Å². The molecule has 2 heterocycles. The quantitative estimate of drug-likeness (QED) is 0.124. The molecule has 0 saturated carbocycles. The van der Waals surface area contributed by atoms with Gasteiger partial charge in [0.25, 0.3) is 5.56 Å². The van der Waals surface area contributed by atoms with Crippen molar-refractivity contribution in [3.63, 3.8) is 0 Å². The first kappa shape index (κ1) is 33.3. The maximum absolute atomic E-state index is 14.2. The van der Waals surface area contributed by atoms with Gasteiger partial charge in [0.1, 0.15) is 6.61 Å². The fourth-order valence-corrected chi connectivity index (χ4v) is 7.64. The average Bonchev–Trinajstić information content (AvgIpc) is 3.39. The summed E-state index contributed by atoms with van der Waals surface area (Å²) in [4.78, 5) is 32.6. The number of methoxy groups -OCH3 is 3. The maximum atomic E-state index is 14.2. The lowest BCUT2D eigenvalue weighted by atomic mass is 9.95. The van der Waals surface area contributed by atoms with E-state index < -0.39 is 12.0 Å². The second-order valence-corrected chi connectivity index (χ2v) is 13.0. The zero-order valence-corrected chi connectivity index (χ0v) is 30.0. The number of hydrogen-bond donors (Lipinski definition) is 0. The van der Waals surface area contributed by atoms with E-state index in [4.69, 9.17) is 23.7 Å². The van der Waals surface area contributed by atoms with Gasteiger partial charge in [-0.25, -0.2) is 9.79 Å². The number of aromatic nitrogens is 1. The van der Waals surface area contributed by atoms with Crippen LogP contribution in [0.3, 0.4) is 0 Å². The minimum absolute atomic E-state index is 0.181. The fraction of sp³-hybridized carbons (Fsp3) is 0.216. The van der Waals surface area contributed by atoms with Crippen molar-refractivity contribution in [2.75, 3.05) is 27.9 Å². The molecule has 246 valence electrons. The molecule has 0 bridgehead atoms. The molecule has 0 N–H and O–H groups in total. The molecule has 11 heteroatoms. The molecule has 5 aromatic rings. The van der Waals surface area contributed by atoms with Gasteiger partial charge in [0.05, 0.1) is 53.4 Å². The SMILES string of the molecule is CCOC(=O)C1=C(C)N=c2s/c(=C/c3cc(I)c(OCc4cccc5ccccc45)c(OC)c3)c(=O)n2[C@@H]1c1ccc(OC)c(OC)c1. The highest BCUT2D eigenvalue weighted by Gasteiger charge is 2.34. The summed E-state index contributed by atoms with van der Waals surface area (Å²) in [5, 5.41) is 2.28. The minimum atomic E-state index is -0.790. The highest BCUT2D eigenvalue weighted by molar-refractivity contribution is 14.1. The number of benzene rings is 4. The summed E-state index contributed by atoms with van der Waals surface area (Å²) in [5.74, 6) is 1.63. The zero-order valence-electron chi connectivity index (χ0n) is 27.0. The van der Waals surface area contributed by atoms with Gasteiger partial charge in [-0.05, 0) is 94.2 Å². The molecule has 0 aliphatic carbocycles. The number of carbonyl (C=O) groups excluding carboxylic acids is 1. The van der Waals surface area contributed by atoms with Crippen LogP contribution in [-0.2, 0) is 16.1 Å². The molecule has 0 amide bonds. The Morgan fingerprint density at radius 3 is 2.46 bits per heavy atom. The van der Waals surface area contributed by atoms with Gasteiger partial charge in [0.2, 0.25) is 0 Å². The normalized spacial score (nSPS) is 14.4. The van der Waals surface area contributed by atoms with E-state index in [1.165, 1.54) is 18.4 Å².